The second-order valence-corrected chi connectivity index (χ2v) is 5.69. The number of fused-ring (bicyclic) bond motifs is 1. The van der Waals surface area contributed by atoms with Crippen LogP contribution in [-0.4, -0.2) is 36.6 Å². The van der Waals surface area contributed by atoms with Gasteiger partial charge in [0.05, 0.1) is 13.0 Å². The van der Waals surface area contributed by atoms with E-state index in [1.165, 1.54) is 39.2 Å². The van der Waals surface area contributed by atoms with E-state index < -0.39 is 0 Å². The lowest BCUT2D eigenvalue weighted by atomic mass is 9.88. The van der Waals surface area contributed by atoms with Gasteiger partial charge in [-0.2, -0.15) is 0 Å². The Kier molecular flexibility index (Phi) is 4.08. The molecule has 0 spiro atoms. The maximum absolute atomic E-state index is 11.6. The van der Waals surface area contributed by atoms with Gasteiger partial charge in [-0.1, -0.05) is 13.3 Å². The molecule has 0 radical (unpaired) electrons. The summed E-state index contributed by atoms with van der Waals surface area (Å²) in [5, 5.41) is 0. The molecule has 1 heterocycles. The zero-order chi connectivity index (χ0) is 12.4. The summed E-state index contributed by atoms with van der Waals surface area (Å²) in [5.74, 6) is 0.799. The van der Waals surface area contributed by atoms with Gasteiger partial charge < -0.3 is 4.74 Å². The van der Waals surface area contributed by atoms with Gasteiger partial charge in [0.15, 0.2) is 0 Å². The number of carbonyl (C=O) groups is 1. The molecule has 1 aliphatic heterocycles. The van der Waals surface area contributed by atoms with E-state index in [1.54, 1.807) is 0 Å². The Morgan fingerprint density at radius 1 is 1.24 bits per heavy atom. The number of likely N-dealkylation sites (tertiary alicyclic amines) is 1. The van der Waals surface area contributed by atoms with Crippen LogP contribution in [0.2, 0.25) is 0 Å². The van der Waals surface area contributed by atoms with Gasteiger partial charge >= 0.3 is 5.97 Å². The Bertz CT molecular complexity index is 279. The van der Waals surface area contributed by atoms with Crippen molar-refractivity contribution in [3.63, 3.8) is 0 Å². The quantitative estimate of drug-likeness (QED) is 0.709. The molecular weight excluding hydrogens is 214 g/mol. The number of methoxy groups -OCH3 is 1. The van der Waals surface area contributed by atoms with Crippen LogP contribution in [0.4, 0.5) is 0 Å². The minimum Gasteiger partial charge on any atom is -0.469 e. The van der Waals surface area contributed by atoms with Gasteiger partial charge in [-0.15, -0.1) is 0 Å². The molecule has 98 valence electrons. The Hall–Kier alpha value is -0.570. The van der Waals surface area contributed by atoms with E-state index in [-0.39, 0.29) is 11.9 Å². The Morgan fingerprint density at radius 2 is 1.94 bits per heavy atom. The molecule has 0 N–H and O–H groups in total. The molecule has 1 saturated heterocycles. The predicted octanol–water partition coefficient (Wildman–Crippen LogP) is 2.45. The lowest BCUT2D eigenvalue weighted by Gasteiger charge is -2.43. The molecule has 3 heteroatoms. The molecule has 2 rings (SSSR count). The van der Waals surface area contributed by atoms with Crippen LogP contribution in [-0.2, 0) is 9.53 Å². The van der Waals surface area contributed by atoms with E-state index in [4.69, 9.17) is 4.74 Å². The third-order valence-electron chi connectivity index (χ3n) is 4.86. The molecule has 0 bridgehead atoms. The van der Waals surface area contributed by atoms with Crippen molar-refractivity contribution >= 4 is 5.97 Å². The number of hydrogen-bond donors (Lipinski definition) is 0. The minimum atomic E-state index is -0.0716. The number of nitrogens with zero attached hydrogens (tertiary/aromatic N) is 1. The third-order valence-corrected chi connectivity index (χ3v) is 4.86. The van der Waals surface area contributed by atoms with Crippen molar-refractivity contribution in [1.82, 2.24) is 4.90 Å². The number of rotatable bonds is 3. The monoisotopic (exact) mass is 239 g/mol. The highest BCUT2D eigenvalue weighted by molar-refractivity contribution is 5.72. The summed E-state index contributed by atoms with van der Waals surface area (Å²) in [6.07, 6.45) is 6.76. The zero-order valence-corrected chi connectivity index (χ0v) is 11.3. The van der Waals surface area contributed by atoms with E-state index in [1.807, 2.05) is 6.92 Å². The maximum atomic E-state index is 11.6. The zero-order valence-electron chi connectivity index (χ0n) is 11.3. The second kappa shape index (κ2) is 5.38. The van der Waals surface area contributed by atoms with Gasteiger partial charge in [0.1, 0.15) is 0 Å². The Balaban J connectivity index is 2.02. The van der Waals surface area contributed by atoms with Crippen LogP contribution in [0.3, 0.4) is 0 Å². The first-order chi connectivity index (χ1) is 8.15. The number of carbonyl (C=O) groups excluding carboxylic acids is 1. The molecule has 2 fully saturated rings. The van der Waals surface area contributed by atoms with Gasteiger partial charge in [0.2, 0.25) is 0 Å². The van der Waals surface area contributed by atoms with Crippen molar-refractivity contribution in [1.29, 1.82) is 0 Å². The van der Waals surface area contributed by atoms with Crippen LogP contribution in [0.15, 0.2) is 0 Å². The molecule has 0 aromatic carbocycles. The topological polar surface area (TPSA) is 29.5 Å². The Labute approximate surface area is 105 Å². The SMILES string of the molecule is COC(=O)C(C)C(C)N1CCCC2CCCC21. The first-order valence-corrected chi connectivity index (χ1v) is 6.98. The van der Waals surface area contributed by atoms with Crippen molar-refractivity contribution in [3.05, 3.63) is 0 Å². The number of ether oxygens (including phenoxy) is 1. The normalized spacial score (nSPS) is 32.9. The highest BCUT2D eigenvalue weighted by Crippen LogP contribution is 2.38. The summed E-state index contributed by atoms with van der Waals surface area (Å²) >= 11 is 0. The van der Waals surface area contributed by atoms with Crippen LogP contribution in [0.25, 0.3) is 0 Å². The molecular formula is C14H25NO2. The fourth-order valence-corrected chi connectivity index (χ4v) is 3.67. The number of esters is 1. The molecule has 0 aromatic heterocycles. The van der Waals surface area contributed by atoms with Gasteiger partial charge in [0, 0.05) is 12.1 Å². The standard InChI is InChI=1S/C14H25NO2/c1-10(14(16)17-3)11(2)15-9-5-7-12-6-4-8-13(12)15/h10-13H,4-9H2,1-3H3. The smallest absolute Gasteiger partial charge is 0.309 e. The van der Waals surface area contributed by atoms with E-state index in [0.29, 0.717) is 6.04 Å². The van der Waals surface area contributed by atoms with Crippen LogP contribution in [0.5, 0.6) is 0 Å². The first kappa shape index (κ1) is 12.9. The fraction of sp³-hybridized carbons (Fsp3) is 0.929. The summed E-state index contributed by atoms with van der Waals surface area (Å²) in [4.78, 5) is 14.2. The van der Waals surface area contributed by atoms with E-state index in [0.717, 1.165) is 18.5 Å². The number of piperidine rings is 1. The molecule has 0 amide bonds. The summed E-state index contributed by atoms with van der Waals surface area (Å²) < 4.78 is 4.87. The fourth-order valence-electron chi connectivity index (χ4n) is 3.67. The van der Waals surface area contributed by atoms with E-state index >= 15 is 0 Å². The van der Waals surface area contributed by atoms with Crippen LogP contribution < -0.4 is 0 Å². The van der Waals surface area contributed by atoms with Crippen LogP contribution >= 0.6 is 0 Å². The molecule has 17 heavy (non-hydrogen) atoms. The molecule has 2 aliphatic rings. The highest BCUT2D eigenvalue weighted by Gasteiger charge is 2.39. The van der Waals surface area contributed by atoms with Gasteiger partial charge in [-0.3, -0.25) is 9.69 Å². The summed E-state index contributed by atoms with van der Waals surface area (Å²) in [7, 11) is 1.49. The average molecular weight is 239 g/mol. The van der Waals surface area contributed by atoms with E-state index in [9.17, 15) is 4.79 Å². The second-order valence-electron chi connectivity index (χ2n) is 5.69. The first-order valence-electron chi connectivity index (χ1n) is 6.98. The molecule has 4 atom stereocenters. The lowest BCUT2D eigenvalue weighted by Crippen LogP contribution is -2.50. The molecule has 1 saturated carbocycles. The average Bonchev–Trinajstić information content (AvgIpc) is 2.83. The van der Waals surface area contributed by atoms with Crippen LogP contribution in [0.1, 0.15) is 46.0 Å². The van der Waals surface area contributed by atoms with Crippen molar-refractivity contribution in [3.8, 4) is 0 Å². The van der Waals surface area contributed by atoms with E-state index in [2.05, 4.69) is 11.8 Å². The molecule has 3 nitrogen and oxygen atoms in total. The van der Waals surface area contributed by atoms with Gasteiger partial charge in [0.25, 0.3) is 0 Å². The Morgan fingerprint density at radius 3 is 2.65 bits per heavy atom. The van der Waals surface area contributed by atoms with Crippen molar-refractivity contribution < 1.29 is 9.53 Å². The van der Waals surface area contributed by atoms with Crippen LogP contribution in [0, 0.1) is 11.8 Å². The summed E-state index contributed by atoms with van der Waals surface area (Å²) in [6.45, 7) is 5.33. The largest absolute Gasteiger partial charge is 0.469 e. The van der Waals surface area contributed by atoms with Crippen molar-refractivity contribution in [2.45, 2.75) is 58.0 Å². The molecule has 0 aromatic rings. The third kappa shape index (κ3) is 2.49. The maximum Gasteiger partial charge on any atom is 0.309 e. The highest BCUT2D eigenvalue weighted by atomic mass is 16.5. The summed E-state index contributed by atoms with van der Waals surface area (Å²) in [6, 6.07) is 1.04. The van der Waals surface area contributed by atoms with Crippen molar-refractivity contribution in [2.75, 3.05) is 13.7 Å². The summed E-state index contributed by atoms with van der Waals surface area (Å²) in [5.41, 5.74) is 0. The van der Waals surface area contributed by atoms with Gasteiger partial charge in [-0.25, -0.2) is 0 Å². The lowest BCUT2D eigenvalue weighted by molar-refractivity contribution is -0.147. The minimum absolute atomic E-state index is 0.0145. The number of hydrogen-bond acceptors (Lipinski definition) is 3. The van der Waals surface area contributed by atoms with Gasteiger partial charge in [-0.05, 0) is 45.1 Å². The molecule has 4 unspecified atom stereocenters. The van der Waals surface area contributed by atoms with Crippen molar-refractivity contribution in [2.24, 2.45) is 11.8 Å². The molecule has 1 aliphatic carbocycles. The predicted molar refractivity (Wildman–Crippen MR) is 67.7 cm³/mol.